The van der Waals surface area contributed by atoms with E-state index in [1.54, 1.807) is 0 Å². The van der Waals surface area contributed by atoms with Crippen LogP contribution < -0.4 is 0 Å². The van der Waals surface area contributed by atoms with Crippen molar-refractivity contribution in [1.29, 1.82) is 0 Å². The molecule has 0 aliphatic carbocycles. The highest BCUT2D eigenvalue weighted by Crippen LogP contribution is 2.45. The summed E-state index contributed by atoms with van der Waals surface area (Å²) >= 11 is 0. The molecule has 0 aliphatic heterocycles. The Labute approximate surface area is 556 Å². The normalized spacial score (nSPS) is 14.3. The number of carbonyl (C=O) groups excluding carboxylic acids is 4. The Morgan fingerprint density at radius 1 is 0.308 bits per heavy atom. The predicted molar refractivity (Wildman–Crippen MR) is 368 cm³/mol. The van der Waals surface area contributed by atoms with Crippen LogP contribution in [-0.4, -0.2) is 96.7 Å². The summed E-state index contributed by atoms with van der Waals surface area (Å²) in [5, 5.41) is 10.6. The molecule has 0 saturated heterocycles. The number of phosphoric acid groups is 2. The molecule has 17 nitrogen and oxygen atoms in total. The van der Waals surface area contributed by atoms with Crippen LogP contribution in [0.3, 0.4) is 0 Å². The summed E-state index contributed by atoms with van der Waals surface area (Å²) < 4.78 is 68.2. The van der Waals surface area contributed by atoms with Gasteiger partial charge in [-0.2, -0.15) is 0 Å². The molecule has 0 saturated carbocycles. The number of phosphoric ester groups is 2. The molecule has 0 aliphatic rings. The SMILES string of the molecule is CCCCCCCCCCCCCC(=O)OC[C@H](COP(=O)(O)OC[C@@H](O)COP(=O)(O)OC[C@@H](COC(=O)CCCCCCCCCC)OC(=O)CCCCCCCCCCCC)OC(=O)CCCCCCCCCCCCCCCCCCCCC(C)CC. The highest BCUT2D eigenvalue weighted by molar-refractivity contribution is 7.47. The lowest BCUT2D eigenvalue weighted by Crippen LogP contribution is -2.30. The van der Waals surface area contributed by atoms with Crippen molar-refractivity contribution < 1.29 is 80.2 Å². The predicted octanol–water partition coefficient (Wildman–Crippen LogP) is 20.9. The van der Waals surface area contributed by atoms with E-state index in [4.69, 9.17) is 37.0 Å². The van der Waals surface area contributed by atoms with E-state index in [2.05, 4.69) is 34.6 Å². The molecule has 6 atom stereocenters. The van der Waals surface area contributed by atoms with Crippen molar-refractivity contribution in [1.82, 2.24) is 0 Å². The first kappa shape index (κ1) is 89.1. The van der Waals surface area contributed by atoms with Gasteiger partial charge in [0, 0.05) is 25.7 Å². The summed E-state index contributed by atoms with van der Waals surface area (Å²) in [6, 6.07) is 0. The molecule has 0 fully saturated rings. The van der Waals surface area contributed by atoms with Crippen molar-refractivity contribution in [3.63, 3.8) is 0 Å². The summed E-state index contributed by atoms with van der Waals surface area (Å²) in [6.45, 7) is 7.28. The first-order chi connectivity index (χ1) is 44.1. The molecule has 0 heterocycles. The maximum absolute atomic E-state index is 13.0. The van der Waals surface area contributed by atoms with Gasteiger partial charge in [-0.1, -0.05) is 324 Å². The van der Waals surface area contributed by atoms with Gasteiger partial charge in [0.1, 0.15) is 19.3 Å². The lowest BCUT2D eigenvalue weighted by molar-refractivity contribution is -0.161. The average molecular weight is 1340 g/mol. The number of hydrogen-bond donors (Lipinski definition) is 3. The highest BCUT2D eigenvalue weighted by Gasteiger charge is 2.30. The second-order valence-corrected chi connectivity index (χ2v) is 29.1. The fraction of sp³-hybridized carbons (Fsp3) is 0.944. The minimum atomic E-state index is -4.95. The van der Waals surface area contributed by atoms with Crippen molar-refractivity contribution in [3.8, 4) is 0 Å². The molecule has 540 valence electrons. The number of rotatable bonds is 72. The molecule has 91 heavy (non-hydrogen) atoms. The van der Waals surface area contributed by atoms with Gasteiger partial charge in [0.25, 0.3) is 0 Å². The Morgan fingerprint density at radius 3 is 0.780 bits per heavy atom. The fourth-order valence-corrected chi connectivity index (χ4v) is 12.5. The van der Waals surface area contributed by atoms with Gasteiger partial charge in [-0.15, -0.1) is 0 Å². The van der Waals surface area contributed by atoms with Crippen LogP contribution in [0.15, 0.2) is 0 Å². The monoisotopic (exact) mass is 1340 g/mol. The molecule has 0 amide bonds. The molecule has 0 rings (SSSR count). The molecule has 3 N–H and O–H groups in total. The third-order valence-electron chi connectivity index (χ3n) is 17.1. The van der Waals surface area contributed by atoms with E-state index in [0.717, 1.165) is 102 Å². The summed E-state index contributed by atoms with van der Waals surface area (Å²) in [6.07, 6.45) is 52.8. The maximum Gasteiger partial charge on any atom is 0.472 e. The van der Waals surface area contributed by atoms with Gasteiger partial charge >= 0.3 is 39.5 Å². The minimum absolute atomic E-state index is 0.107. The number of aliphatic hydroxyl groups excluding tert-OH is 1. The van der Waals surface area contributed by atoms with Crippen molar-refractivity contribution >= 4 is 39.5 Å². The lowest BCUT2D eigenvalue weighted by atomic mass is 9.99. The third-order valence-corrected chi connectivity index (χ3v) is 19.0. The Kier molecular flexibility index (Phi) is 64.0. The zero-order chi connectivity index (χ0) is 67.0. The van der Waals surface area contributed by atoms with E-state index in [0.29, 0.717) is 25.7 Å². The largest absolute Gasteiger partial charge is 0.472 e. The second kappa shape index (κ2) is 65.4. The second-order valence-electron chi connectivity index (χ2n) is 26.2. The number of hydrogen-bond acceptors (Lipinski definition) is 15. The highest BCUT2D eigenvalue weighted by atomic mass is 31.2. The number of esters is 4. The van der Waals surface area contributed by atoms with E-state index in [-0.39, 0.29) is 25.7 Å². The van der Waals surface area contributed by atoms with Gasteiger partial charge in [-0.25, -0.2) is 9.13 Å². The maximum atomic E-state index is 13.0. The molecular weight excluding hydrogens is 1200 g/mol. The summed E-state index contributed by atoms with van der Waals surface area (Å²) in [4.78, 5) is 72.4. The number of unbranched alkanes of at least 4 members (excludes halogenated alkanes) is 43. The lowest BCUT2D eigenvalue weighted by Gasteiger charge is -2.21. The molecule has 0 aromatic carbocycles. The van der Waals surface area contributed by atoms with Crippen LogP contribution in [0.5, 0.6) is 0 Å². The Balaban J connectivity index is 5.12. The first-order valence-electron chi connectivity index (χ1n) is 37.7. The van der Waals surface area contributed by atoms with Crippen LogP contribution in [0.2, 0.25) is 0 Å². The van der Waals surface area contributed by atoms with Gasteiger partial charge in [-0.3, -0.25) is 37.3 Å². The topological polar surface area (TPSA) is 237 Å². The van der Waals surface area contributed by atoms with Crippen molar-refractivity contribution in [2.75, 3.05) is 39.6 Å². The smallest absolute Gasteiger partial charge is 0.462 e. The average Bonchev–Trinajstić information content (AvgIpc) is 2.72. The van der Waals surface area contributed by atoms with Crippen LogP contribution in [0, 0.1) is 5.92 Å². The molecule has 19 heteroatoms. The fourth-order valence-electron chi connectivity index (χ4n) is 11.0. The molecule has 0 spiro atoms. The van der Waals surface area contributed by atoms with Crippen LogP contribution in [0.4, 0.5) is 0 Å². The summed E-state index contributed by atoms with van der Waals surface area (Å²) in [5.74, 6) is -1.25. The van der Waals surface area contributed by atoms with Crippen LogP contribution in [-0.2, 0) is 65.4 Å². The van der Waals surface area contributed by atoms with E-state index >= 15 is 0 Å². The summed E-state index contributed by atoms with van der Waals surface area (Å²) in [5.41, 5.74) is 0. The number of aliphatic hydroxyl groups is 1. The number of ether oxygens (including phenoxy) is 4. The van der Waals surface area contributed by atoms with E-state index in [1.165, 1.54) is 193 Å². The Bertz CT molecular complexity index is 1760. The van der Waals surface area contributed by atoms with Gasteiger partial charge in [0.05, 0.1) is 26.4 Å². The molecule has 0 aromatic heterocycles. The van der Waals surface area contributed by atoms with E-state index in [1.807, 2.05) is 0 Å². The Hall–Kier alpha value is -1.94. The zero-order valence-electron chi connectivity index (χ0n) is 59.0. The molecule has 3 unspecified atom stereocenters. The standard InChI is InChI=1S/C72H140O17P2/c1-6-10-13-16-19-22-32-37-41-46-51-56-70(75)83-62-68(89-72(77)58-53-48-43-38-34-31-29-27-25-24-26-28-30-33-35-39-44-49-54-65(5)9-4)64-87-91(80,81)85-60-66(73)59-84-90(78,79)86-63-67(61-82-69(74)55-50-45-40-21-18-15-12-8-3)88-71(76)57-52-47-42-36-23-20-17-14-11-7-2/h65-68,73H,6-64H2,1-5H3,(H,78,79)(H,80,81)/t65?,66-,67+,68+/m0/s1. The Morgan fingerprint density at radius 2 is 0.527 bits per heavy atom. The van der Waals surface area contributed by atoms with Gasteiger partial charge in [-0.05, 0) is 31.6 Å². The van der Waals surface area contributed by atoms with Crippen molar-refractivity contribution in [2.45, 2.75) is 393 Å². The molecule has 0 aromatic rings. The van der Waals surface area contributed by atoms with E-state index < -0.39 is 97.5 Å². The van der Waals surface area contributed by atoms with Crippen LogP contribution >= 0.6 is 15.6 Å². The molecule has 0 bridgehead atoms. The molecule has 0 radical (unpaired) electrons. The first-order valence-corrected chi connectivity index (χ1v) is 40.7. The summed E-state index contributed by atoms with van der Waals surface area (Å²) in [7, 11) is -9.89. The van der Waals surface area contributed by atoms with Crippen LogP contribution in [0.25, 0.3) is 0 Å². The van der Waals surface area contributed by atoms with Crippen molar-refractivity contribution in [3.05, 3.63) is 0 Å². The minimum Gasteiger partial charge on any atom is -0.462 e. The quantitative estimate of drug-likeness (QED) is 0.0222. The van der Waals surface area contributed by atoms with Crippen molar-refractivity contribution in [2.24, 2.45) is 5.92 Å². The zero-order valence-corrected chi connectivity index (χ0v) is 60.8. The molecular formula is C72H140O17P2. The van der Waals surface area contributed by atoms with E-state index in [9.17, 15) is 43.2 Å². The van der Waals surface area contributed by atoms with Crippen LogP contribution in [0.1, 0.15) is 375 Å². The third kappa shape index (κ3) is 65.1. The van der Waals surface area contributed by atoms with Gasteiger partial charge in [0.2, 0.25) is 0 Å². The number of carbonyl (C=O) groups is 4. The van der Waals surface area contributed by atoms with Gasteiger partial charge < -0.3 is 33.8 Å². The van der Waals surface area contributed by atoms with Gasteiger partial charge in [0.15, 0.2) is 12.2 Å².